The summed E-state index contributed by atoms with van der Waals surface area (Å²) in [6.45, 7) is 5.77. The third-order valence-corrected chi connectivity index (χ3v) is 4.58. The number of nitrogens with zero attached hydrogens (tertiary/aromatic N) is 3. The predicted molar refractivity (Wildman–Crippen MR) is 105 cm³/mol. The van der Waals surface area contributed by atoms with Crippen molar-refractivity contribution in [2.75, 3.05) is 6.61 Å². The molecule has 0 bridgehead atoms. The number of fused-ring (bicyclic) bond motifs is 1. The molecule has 4 nitrogen and oxygen atoms in total. The molecule has 3 rings (SSSR count). The summed E-state index contributed by atoms with van der Waals surface area (Å²) in [4.78, 5) is 4.69. The summed E-state index contributed by atoms with van der Waals surface area (Å²) in [5.41, 5.74) is 3.19. The Labute approximate surface area is 162 Å². The molecule has 0 saturated heterocycles. The molecule has 0 atom stereocenters. The van der Waals surface area contributed by atoms with Crippen molar-refractivity contribution in [3.63, 3.8) is 0 Å². The number of benzene rings is 2. The van der Waals surface area contributed by atoms with Gasteiger partial charge in [-0.15, -0.1) is 0 Å². The molecular formula is C20H19Cl2N3O. The molecule has 0 aliphatic rings. The van der Waals surface area contributed by atoms with Crippen molar-refractivity contribution in [2.45, 2.75) is 27.0 Å². The second kappa shape index (κ2) is 8.09. The monoisotopic (exact) mass is 387 g/mol. The number of aromatic nitrogens is 2. The first kappa shape index (κ1) is 18.7. The van der Waals surface area contributed by atoms with E-state index < -0.39 is 0 Å². The van der Waals surface area contributed by atoms with Crippen molar-refractivity contribution in [3.8, 4) is 6.07 Å². The third kappa shape index (κ3) is 4.19. The molecule has 2 aromatic carbocycles. The van der Waals surface area contributed by atoms with Gasteiger partial charge in [0.25, 0.3) is 0 Å². The lowest BCUT2D eigenvalue weighted by Crippen LogP contribution is -2.09. The minimum atomic E-state index is 0.396. The maximum atomic E-state index is 9.22. The smallest absolute Gasteiger partial charge is 0.136 e. The highest BCUT2D eigenvalue weighted by Gasteiger charge is 2.14. The van der Waals surface area contributed by atoms with E-state index in [1.807, 2.05) is 22.8 Å². The van der Waals surface area contributed by atoms with Gasteiger partial charge in [0.1, 0.15) is 12.4 Å². The molecule has 0 spiro atoms. The van der Waals surface area contributed by atoms with Gasteiger partial charge in [-0.2, -0.15) is 5.26 Å². The van der Waals surface area contributed by atoms with Gasteiger partial charge in [0.15, 0.2) is 0 Å². The molecule has 134 valence electrons. The number of hydrogen-bond acceptors (Lipinski definition) is 3. The fourth-order valence-corrected chi connectivity index (χ4v) is 3.12. The van der Waals surface area contributed by atoms with Gasteiger partial charge in [0, 0.05) is 16.7 Å². The van der Waals surface area contributed by atoms with Crippen LogP contribution in [-0.4, -0.2) is 16.2 Å². The van der Waals surface area contributed by atoms with Crippen molar-refractivity contribution in [1.82, 2.24) is 9.55 Å². The molecule has 0 saturated carbocycles. The lowest BCUT2D eigenvalue weighted by atomic mass is 10.2. The minimum absolute atomic E-state index is 0.396. The summed E-state index contributed by atoms with van der Waals surface area (Å²) in [6.07, 6.45) is 0. The zero-order valence-electron chi connectivity index (χ0n) is 14.7. The maximum absolute atomic E-state index is 9.22. The van der Waals surface area contributed by atoms with E-state index in [0.29, 0.717) is 41.3 Å². The first-order valence-corrected chi connectivity index (χ1v) is 9.14. The van der Waals surface area contributed by atoms with E-state index >= 15 is 0 Å². The second-order valence-corrected chi connectivity index (χ2v) is 7.42. The van der Waals surface area contributed by atoms with E-state index in [1.165, 1.54) is 0 Å². The van der Waals surface area contributed by atoms with E-state index in [4.69, 9.17) is 27.9 Å². The average molecular weight is 388 g/mol. The van der Waals surface area contributed by atoms with Gasteiger partial charge in [-0.1, -0.05) is 37.0 Å². The molecule has 0 radical (unpaired) electrons. The molecule has 0 unspecified atom stereocenters. The number of rotatable bonds is 6. The molecular weight excluding hydrogens is 369 g/mol. The van der Waals surface area contributed by atoms with Gasteiger partial charge in [-0.05, 0) is 47.9 Å². The van der Waals surface area contributed by atoms with Crippen molar-refractivity contribution >= 4 is 34.2 Å². The highest BCUT2D eigenvalue weighted by Crippen LogP contribution is 2.25. The van der Waals surface area contributed by atoms with Gasteiger partial charge in [-0.3, -0.25) is 0 Å². The Kier molecular flexibility index (Phi) is 5.83. The Morgan fingerprint density at radius 3 is 2.73 bits per heavy atom. The molecule has 26 heavy (non-hydrogen) atoms. The van der Waals surface area contributed by atoms with Crippen LogP contribution in [0.25, 0.3) is 11.0 Å². The van der Waals surface area contributed by atoms with E-state index in [1.54, 1.807) is 18.2 Å². The lowest BCUT2D eigenvalue weighted by molar-refractivity contribution is 0.0907. The van der Waals surface area contributed by atoms with Gasteiger partial charge < -0.3 is 9.30 Å². The van der Waals surface area contributed by atoms with Gasteiger partial charge in [0.05, 0.1) is 29.2 Å². The van der Waals surface area contributed by atoms with Crippen molar-refractivity contribution < 1.29 is 4.74 Å². The molecule has 0 fully saturated rings. The molecule has 1 heterocycles. The Bertz CT molecular complexity index is 973. The fourth-order valence-electron chi connectivity index (χ4n) is 2.75. The average Bonchev–Trinajstić information content (AvgIpc) is 2.94. The van der Waals surface area contributed by atoms with Gasteiger partial charge >= 0.3 is 0 Å². The van der Waals surface area contributed by atoms with Crippen LogP contribution in [0.1, 0.15) is 30.8 Å². The fraction of sp³-hybridized carbons (Fsp3) is 0.300. The highest BCUT2D eigenvalue weighted by molar-refractivity contribution is 6.33. The van der Waals surface area contributed by atoms with Crippen LogP contribution < -0.4 is 0 Å². The first-order valence-electron chi connectivity index (χ1n) is 8.39. The van der Waals surface area contributed by atoms with Crippen molar-refractivity contribution in [2.24, 2.45) is 5.92 Å². The quantitative estimate of drug-likeness (QED) is 0.565. The largest absolute Gasteiger partial charge is 0.373 e. The normalized spacial score (nSPS) is 11.2. The Balaban J connectivity index is 2.03. The summed E-state index contributed by atoms with van der Waals surface area (Å²) in [5, 5.41) is 10.5. The summed E-state index contributed by atoms with van der Waals surface area (Å²) in [5.74, 6) is 1.24. The number of hydrogen-bond donors (Lipinski definition) is 0. The van der Waals surface area contributed by atoms with Crippen LogP contribution in [0.4, 0.5) is 0 Å². The summed E-state index contributed by atoms with van der Waals surface area (Å²) >= 11 is 12.5. The topological polar surface area (TPSA) is 50.8 Å². The van der Waals surface area contributed by atoms with Crippen LogP contribution in [0.3, 0.4) is 0 Å². The minimum Gasteiger partial charge on any atom is -0.373 e. The van der Waals surface area contributed by atoms with Crippen LogP contribution >= 0.6 is 23.2 Å². The van der Waals surface area contributed by atoms with Crippen molar-refractivity contribution in [3.05, 3.63) is 63.4 Å². The van der Waals surface area contributed by atoms with Gasteiger partial charge in [0.2, 0.25) is 0 Å². The molecule has 3 aromatic rings. The molecule has 0 aliphatic heterocycles. The molecule has 6 heteroatoms. The zero-order valence-corrected chi connectivity index (χ0v) is 16.2. The third-order valence-electron chi connectivity index (χ3n) is 3.97. The molecule has 0 N–H and O–H groups in total. The van der Waals surface area contributed by atoms with E-state index in [2.05, 4.69) is 24.9 Å². The van der Waals surface area contributed by atoms with E-state index in [0.717, 1.165) is 22.4 Å². The molecule has 0 amide bonds. The standard InChI is InChI=1S/C20H19Cl2N3O/c1-13(2)11-26-12-20-24-18-6-3-14(9-23)7-19(18)25(20)10-15-8-16(21)4-5-17(15)22/h3-8,13H,10-12H2,1-2H3. The summed E-state index contributed by atoms with van der Waals surface area (Å²) in [7, 11) is 0. The first-order chi connectivity index (χ1) is 12.5. The highest BCUT2D eigenvalue weighted by atomic mass is 35.5. The van der Waals surface area contributed by atoms with Gasteiger partial charge in [-0.25, -0.2) is 4.98 Å². The molecule has 1 aromatic heterocycles. The predicted octanol–water partition coefficient (Wildman–Crippen LogP) is 5.44. The van der Waals surface area contributed by atoms with Crippen molar-refractivity contribution in [1.29, 1.82) is 5.26 Å². The Morgan fingerprint density at radius 1 is 1.19 bits per heavy atom. The zero-order chi connectivity index (χ0) is 18.7. The second-order valence-electron chi connectivity index (χ2n) is 6.57. The van der Waals surface area contributed by atoms with Crippen LogP contribution in [-0.2, 0) is 17.9 Å². The van der Waals surface area contributed by atoms with Crippen LogP contribution in [0, 0.1) is 17.2 Å². The van der Waals surface area contributed by atoms with E-state index in [-0.39, 0.29) is 0 Å². The Morgan fingerprint density at radius 2 is 2.00 bits per heavy atom. The SMILES string of the molecule is CC(C)COCc1nc2ccc(C#N)cc2n1Cc1cc(Cl)ccc1Cl. The Hall–Kier alpha value is -2.06. The summed E-state index contributed by atoms with van der Waals surface area (Å²) < 4.78 is 7.83. The lowest BCUT2D eigenvalue weighted by Gasteiger charge is -2.12. The number of ether oxygens (including phenoxy) is 1. The molecule has 0 aliphatic carbocycles. The van der Waals surface area contributed by atoms with Crippen LogP contribution in [0.2, 0.25) is 10.0 Å². The maximum Gasteiger partial charge on any atom is 0.136 e. The number of halogens is 2. The summed E-state index contributed by atoms with van der Waals surface area (Å²) in [6, 6.07) is 13.0. The number of imidazole rings is 1. The van der Waals surface area contributed by atoms with Crippen LogP contribution in [0.15, 0.2) is 36.4 Å². The number of nitriles is 1. The van der Waals surface area contributed by atoms with Crippen LogP contribution in [0.5, 0.6) is 0 Å². The van der Waals surface area contributed by atoms with E-state index in [9.17, 15) is 5.26 Å².